The molecular formula is C10H13N3OS. The third-order valence-corrected chi connectivity index (χ3v) is 3.31. The molecule has 1 N–H and O–H groups in total. The second-order valence-electron chi connectivity index (χ2n) is 3.55. The Bertz CT molecular complexity index is 385. The van der Waals surface area contributed by atoms with Gasteiger partial charge < -0.3 is 4.90 Å². The Morgan fingerprint density at radius 1 is 1.67 bits per heavy atom. The molecule has 1 atom stereocenters. The molecule has 1 aliphatic heterocycles. The van der Waals surface area contributed by atoms with E-state index in [1.54, 1.807) is 11.3 Å². The monoisotopic (exact) mass is 223 g/mol. The van der Waals surface area contributed by atoms with Gasteiger partial charge in [0.1, 0.15) is 0 Å². The number of hydrogen-bond acceptors (Lipinski definition) is 3. The van der Waals surface area contributed by atoms with E-state index in [2.05, 4.69) is 16.4 Å². The van der Waals surface area contributed by atoms with Crippen LogP contribution in [0.5, 0.6) is 0 Å². The molecule has 1 aliphatic rings. The number of amides is 1. The maximum atomic E-state index is 11.1. The average molecular weight is 223 g/mol. The first-order valence-corrected chi connectivity index (χ1v) is 5.67. The standard InChI is InChI=1S/C10H13N3OS/c1-7(8-4-3-5-15-8)11-10-12-9(14)6-13(10)2/h3-5,7H,6H2,1-2H3,(H,11,12,14). The first-order valence-electron chi connectivity index (χ1n) is 4.79. The highest BCUT2D eigenvalue weighted by Gasteiger charge is 2.22. The Kier molecular flexibility index (Phi) is 2.73. The quantitative estimate of drug-likeness (QED) is 0.819. The fourth-order valence-corrected chi connectivity index (χ4v) is 2.18. The van der Waals surface area contributed by atoms with Crippen molar-refractivity contribution in [3.8, 4) is 0 Å². The van der Waals surface area contributed by atoms with Gasteiger partial charge in [0.25, 0.3) is 0 Å². The van der Waals surface area contributed by atoms with Gasteiger partial charge in [0.2, 0.25) is 11.9 Å². The average Bonchev–Trinajstić information content (AvgIpc) is 2.76. The zero-order chi connectivity index (χ0) is 10.8. The molecule has 0 aromatic carbocycles. The lowest BCUT2D eigenvalue weighted by Gasteiger charge is -2.11. The fraction of sp³-hybridized carbons (Fsp3) is 0.400. The summed E-state index contributed by atoms with van der Waals surface area (Å²) in [4.78, 5) is 18.6. The van der Waals surface area contributed by atoms with Gasteiger partial charge in [-0.1, -0.05) is 6.07 Å². The third-order valence-electron chi connectivity index (χ3n) is 2.26. The van der Waals surface area contributed by atoms with Crippen molar-refractivity contribution in [3.05, 3.63) is 22.4 Å². The Morgan fingerprint density at radius 3 is 3.00 bits per heavy atom. The summed E-state index contributed by atoms with van der Waals surface area (Å²) < 4.78 is 0. The number of thiophene rings is 1. The number of likely N-dealkylation sites (N-methyl/N-ethyl adjacent to an activating group) is 1. The van der Waals surface area contributed by atoms with Gasteiger partial charge in [0.05, 0.1) is 12.6 Å². The molecule has 1 unspecified atom stereocenters. The summed E-state index contributed by atoms with van der Waals surface area (Å²) in [5, 5.41) is 4.77. The van der Waals surface area contributed by atoms with E-state index in [1.807, 2.05) is 30.3 Å². The molecule has 1 aromatic rings. The van der Waals surface area contributed by atoms with E-state index in [4.69, 9.17) is 0 Å². The van der Waals surface area contributed by atoms with Gasteiger partial charge in [-0.3, -0.25) is 10.1 Å². The van der Waals surface area contributed by atoms with Gasteiger partial charge in [-0.15, -0.1) is 11.3 Å². The van der Waals surface area contributed by atoms with E-state index in [9.17, 15) is 4.79 Å². The molecule has 80 valence electrons. The summed E-state index contributed by atoms with van der Waals surface area (Å²) in [6.07, 6.45) is 0. The molecule has 0 saturated carbocycles. The second-order valence-corrected chi connectivity index (χ2v) is 4.53. The molecule has 2 heterocycles. The van der Waals surface area contributed by atoms with E-state index in [0.717, 1.165) is 0 Å². The molecule has 1 saturated heterocycles. The number of rotatable bonds is 2. The van der Waals surface area contributed by atoms with Crippen molar-refractivity contribution < 1.29 is 4.79 Å². The van der Waals surface area contributed by atoms with Crippen LogP contribution in [-0.4, -0.2) is 30.4 Å². The van der Waals surface area contributed by atoms with Crippen molar-refractivity contribution in [1.82, 2.24) is 10.2 Å². The van der Waals surface area contributed by atoms with Crippen molar-refractivity contribution in [1.29, 1.82) is 0 Å². The Hall–Kier alpha value is -1.36. The number of hydrogen-bond donors (Lipinski definition) is 1. The van der Waals surface area contributed by atoms with Gasteiger partial charge in [-0.25, -0.2) is 4.99 Å². The molecule has 1 fully saturated rings. The molecule has 1 aromatic heterocycles. The lowest BCUT2D eigenvalue weighted by molar-refractivity contribution is -0.118. The second kappa shape index (κ2) is 4.02. The fourth-order valence-electron chi connectivity index (χ4n) is 1.46. The van der Waals surface area contributed by atoms with Crippen molar-refractivity contribution in [2.75, 3.05) is 13.6 Å². The molecule has 0 spiro atoms. The normalized spacial score (nSPS) is 20.8. The van der Waals surface area contributed by atoms with E-state index in [-0.39, 0.29) is 11.9 Å². The highest BCUT2D eigenvalue weighted by Crippen LogP contribution is 2.22. The number of carbonyl (C=O) groups is 1. The molecule has 0 radical (unpaired) electrons. The molecule has 0 bridgehead atoms. The van der Waals surface area contributed by atoms with Crippen LogP contribution >= 0.6 is 11.3 Å². The van der Waals surface area contributed by atoms with E-state index in [1.165, 1.54) is 4.88 Å². The zero-order valence-corrected chi connectivity index (χ0v) is 9.54. The highest BCUT2D eigenvalue weighted by molar-refractivity contribution is 7.10. The Balaban J connectivity index is 2.13. The number of carbonyl (C=O) groups excluding carboxylic acids is 1. The molecule has 5 heteroatoms. The summed E-state index contributed by atoms with van der Waals surface area (Å²) in [6.45, 7) is 2.42. The number of aliphatic imine (C=N–C) groups is 1. The molecule has 15 heavy (non-hydrogen) atoms. The van der Waals surface area contributed by atoms with Gasteiger partial charge in [-0.2, -0.15) is 0 Å². The first kappa shape index (κ1) is 10.2. The van der Waals surface area contributed by atoms with Crippen LogP contribution in [0.1, 0.15) is 17.8 Å². The van der Waals surface area contributed by atoms with E-state index in [0.29, 0.717) is 12.5 Å². The van der Waals surface area contributed by atoms with Crippen LogP contribution in [0.3, 0.4) is 0 Å². The summed E-state index contributed by atoms with van der Waals surface area (Å²) in [6, 6.07) is 4.16. The summed E-state index contributed by atoms with van der Waals surface area (Å²) in [5.74, 6) is 0.676. The van der Waals surface area contributed by atoms with E-state index >= 15 is 0 Å². The Labute approximate surface area is 92.6 Å². The van der Waals surface area contributed by atoms with Crippen molar-refractivity contribution in [3.63, 3.8) is 0 Å². The van der Waals surface area contributed by atoms with Crippen LogP contribution < -0.4 is 5.32 Å². The largest absolute Gasteiger partial charge is 0.336 e. The van der Waals surface area contributed by atoms with Gasteiger partial charge >= 0.3 is 0 Å². The first-order chi connectivity index (χ1) is 7.16. The smallest absolute Gasteiger partial charge is 0.246 e. The van der Waals surface area contributed by atoms with Crippen molar-refractivity contribution in [2.24, 2.45) is 4.99 Å². The minimum atomic E-state index is 0.00892. The predicted molar refractivity (Wildman–Crippen MR) is 60.9 cm³/mol. The highest BCUT2D eigenvalue weighted by atomic mass is 32.1. The summed E-state index contributed by atoms with van der Waals surface area (Å²) >= 11 is 1.68. The van der Waals surface area contributed by atoms with Crippen LogP contribution in [0.4, 0.5) is 0 Å². The molecule has 0 aliphatic carbocycles. The SMILES string of the molecule is CC(N=C1NC(=O)CN1C)c1cccs1. The van der Waals surface area contributed by atoms with Gasteiger partial charge in [0.15, 0.2) is 0 Å². The molecular weight excluding hydrogens is 210 g/mol. The Morgan fingerprint density at radius 2 is 2.47 bits per heavy atom. The van der Waals surface area contributed by atoms with Crippen molar-refractivity contribution >= 4 is 23.2 Å². The van der Waals surface area contributed by atoms with Crippen LogP contribution in [0.2, 0.25) is 0 Å². The lowest BCUT2D eigenvalue weighted by Crippen LogP contribution is -2.27. The number of nitrogens with zero attached hydrogens (tertiary/aromatic N) is 2. The maximum Gasteiger partial charge on any atom is 0.246 e. The number of guanidine groups is 1. The lowest BCUT2D eigenvalue weighted by atomic mass is 10.3. The van der Waals surface area contributed by atoms with Gasteiger partial charge in [0, 0.05) is 11.9 Å². The minimum Gasteiger partial charge on any atom is -0.336 e. The topological polar surface area (TPSA) is 44.7 Å². The maximum absolute atomic E-state index is 11.1. The summed E-state index contributed by atoms with van der Waals surface area (Å²) in [5.41, 5.74) is 0. The molecule has 2 rings (SSSR count). The van der Waals surface area contributed by atoms with Crippen molar-refractivity contribution in [2.45, 2.75) is 13.0 Å². The van der Waals surface area contributed by atoms with E-state index < -0.39 is 0 Å². The molecule has 4 nitrogen and oxygen atoms in total. The van der Waals surface area contributed by atoms with Crippen LogP contribution in [0, 0.1) is 0 Å². The van der Waals surface area contributed by atoms with Gasteiger partial charge in [-0.05, 0) is 18.4 Å². The van der Waals surface area contributed by atoms with Crippen LogP contribution in [-0.2, 0) is 4.79 Å². The summed E-state index contributed by atoms with van der Waals surface area (Å²) in [7, 11) is 1.86. The third kappa shape index (κ3) is 2.18. The van der Waals surface area contributed by atoms with Crippen LogP contribution in [0.15, 0.2) is 22.5 Å². The zero-order valence-electron chi connectivity index (χ0n) is 8.73. The molecule has 1 amide bonds. The number of nitrogens with one attached hydrogen (secondary N) is 1. The van der Waals surface area contributed by atoms with Crippen LogP contribution in [0.25, 0.3) is 0 Å². The minimum absolute atomic E-state index is 0.00892. The predicted octanol–water partition coefficient (Wildman–Crippen LogP) is 1.23.